The van der Waals surface area contributed by atoms with Crippen molar-refractivity contribution in [2.75, 3.05) is 6.61 Å². The highest BCUT2D eigenvalue weighted by atomic mass is 32.2. The number of hydrogen-bond acceptors (Lipinski definition) is 5. The summed E-state index contributed by atoms with van der Waals surface area (Å²) in [6, 6.07) is 19.3. The SMILES string of the molecule is Cc1cc(C)c(S(=O)(=O)N(Cc2ccc(-c3cccc(OCC(=O)O)c3)cc2)Cc2ccc(C(F)(F)F)o2)c(C)c1. The monoisotopic (exact) mass is 587 g/mol. The smallest absolute Gasteiger partial charge is 0.449 e. The molecule has 1 aromatic heterocycles. The molecule has 0 spiro atoms. The van der Waals surface area contributed by atoms with E-state index in [-0.39, 0.29) is 17.2 Å². The Bertz CT molecular complexity index is 1640. The lowest BCUT2D eigenvalue weighted by atomic mass is 10.0. The predicted octanol–water partition coefficient (Wildman–Crippen LogP) is 6.75. The second kappa shape index (κ2) is 11.8. The summed E-state index contributed by atoms with van der Waals surface area (Å²) >= 11 is 0. The van der Waals surface area contributed by atoms with Gasteiger partial charge in [-0.3, -0.25) is 0 Å². The quantitative estimate of drug-likeness (QED) is 0.221. The van der Waals surface area contributed by atoms with E-state index in [1.807, 2.05) is 13.0 Å². The van der Waals surface area contributed by atoms with Gasteiger partial charge in [-0.1, -0.05) is 54.1 Å². The van der Waals surface area contributed by atoms with Gasteiger partial charge in [0.1, 0.15) is 11.5 Å². The molecule has 0 fully saturated rings. The van der Waals surface area contributed by atoms with E-state index in [9.17, 15) is 26.4 Å². The topological polar surface area (TPSA) is 97.0 Å². The van der Waals surface area contributed by atoms with Crippen LogP contribution in [0.3, 0.4) is 0 Å². The maximum Gasteiger partial charge on any atom is 0.449 e. The molecular formula is C30H28F3NO6S. The number of carbonyl (C=O) groups is 1. The van der Waals surface area contributed by atoms with Crippen molar-refractivity contribution in [2.45, 2.75) is 44.9 Å². The molecule has 41 heavy (non-hydrogen) atoms. The number of halogens is 3. The number of furan rings is 1. The van der Waals surface area contributed by atoms with E-state index in [4.69, 9.17) is 14.3 Å². The Kier molecular flexibility index (Phi) is 8.60. The second-order valence-electron chi connectivity index (χ2n) is 9.67. The normalized spacial score (nSPS) is 12.1. The number of benzene rings is 3. The van der Waals surface area contributed by atoms with Gasteiger partial charge in [0.05, 0.1) is 11.4 Å². The molecule has 7 nitrogen and oxygen atoms in total. The second-order valence-corrected chi connectivity index (χ2v) is 11.5. The molecule has 0 aliphatic heterocycles. The standard InChI is InChI=1S/C30H28F3NO6S/c1-19-13-20(2)29(21(3)14-19)41(37,38)34(17-26-11-12-27(40-26)30(31,32)33)16-22-7-9-23(10-8-22)24-5-4-6-25(15-24)39-18-28(35)36/h4-15H,16-18H2,1-3H3,(H,35,36). The zero-order chi connectivity index (χ0) is 29.9. The van der Waals surface area contributed by atoms with Gasteiger partial charge in [0, 0.05) is 6.54 Å². The van der Waals surface area contributed by atoms with E-state index in [1.54, 1.807) is 68.4 Å². The fourth-order valence-electron chi connectivity index (χ4n) is 4.63. The molecule has 0 aliphatic rings. The molecule has 0 atom stereocenters. The van der Waals surface area contributed by atoms with Crippen molar-refractivity contribution in [3.63, 3.8) is 0 Å². The Labute approximate surface area is 235 Å². The number of hydrogen-bond donors (Lipinski definition) is 1. The molecule has 0 radical (unpaired) electrons. The van der Waals surface area contributed by atoms with Crippen LogP contribution in [0.15, 0.2) is 82.1 Å². The number of alkyl halides is 3. The van der Waals surface area contributed by atoms with Gasteiger partial charge in [-0.05, 0) is 72.9 Å². The van der Waals surface area contributed by atoms with Crippen LogP contribution in [0.25, 0.3) is 11.1 Å². The van der Waals surface area contributed by atoms with Gasteiger partial charge in [-0.25, -0.2) is 13.2 Å². The Hall–Kier alpha value is -4.09. The first-order valence-electron chi connectivity index (χ1n) is 12.5. The Balaban J connectivity index is 1.66. The molecule has 0 saturated heterocycles. The van der Waals surface area contributed by atoms with Crippen molar-refractivity contribution in [1.82, 2.24) is 4.31 Å². The van der Waals surface area contributed by atoms with Crippen molar-refractivity contribution < 1.29 is 40.6 Å². The van der Waals surface area contributed by atoms with Crippen LogP contribution in [0.5, 0.6) is 5.75 Å². The van der Waals surface area contributed by atoms with Crippen LogP contribution < -0.4 is 4.74 Å². The van der Waals surface area contributed by atoms with Crippen LogP contribution in [0.1, 0.15) is 33.8 Å². The zero-order valence-electron chi connectivity index (χ0n) is 22.5. The Morgan fingerprint density at radius 2 is 1.56 bits per heavy atom. The number of ether oxygens (including phenoxy) is 1. The minimum atomic E-state index is -4.70. The first kappa shape index (κ1) is 29.9. The fourth-order valence-corrected chi connectivity index (χ4v) is 6.44. The largest absolute Gasteiger partial charge is 0.482 e. The Morgan fingerprint density at radius 1 is 0.902 bits per heavy atom. The maximum atomic E-state index is 13.9. The summed E-state index contributed by atoms with van der Waals surface area (Å²) in [4.78, 5) is 10.9. The summed E-state index contributed by atoms with van der Waals surface area (Å²) in [6.45, 7) is 4.21. The van der Waals surface area contributed by atoms with Crippen LogP contribution >= 0.6 is 0 Å². The van der Waals surface area contributed by atoms with E-state index in [1.165, 1.54) is 0 Å². The number of carboxylic acids is 1. The molecule has 0 saturated carbocycles. The van der Waals surface area contributed by atoms with Crippen LogP contribution in [0.4, 0.5) is 13.2 Å². The lowest BCUT2D eigenvalue weighted by Crippen LogP contribution is -2.31. The Morgan fingerprint density at radius 3 is 2.15 bits per heavy atom. The number of sulfonamides is 1. The van der Waals surface area contributed by atoms with Gasteiger partial charge in [0.2, 0.25) is 15.8 Å². The van der Waals surface area contributed by atoms with E-state index in [0.717, 1.165) is 33.1 Å². The van der Waals surface area contributed by atoms with E-state index in [2.05, 4.69) is 0 Å². The highest BCUT2D eigenvalue weighted by molar-refractivity contribution is 7.89. The third-order valence-electron chi connectivity index (χ3n) is 6.32. The predicted molar refractivity (Wildman–Crippen MR) is 146 cm³/mol. The molecular weight excluding hydrogens is 559 g/mol. The first-order chi connectivity index (χ1) is 19.2. The average Bonchev–Trinajstić information content (AvgIpc) is 3.36. The summed E-state index contributed by atoms with van der Waals surface area (Å²) in [6.07, 6.45) is -4.70. The summed E-state index contributed by atoms with van der Waals surface area (Å²) in [7, 11) is -4.16. The van der Waals surface area contributed by atoms with E-state index < -0.39 is 41.1 Å². The summed E-state index contributed by atoms with van der Waals surface area (Å²) in [5.41, 5.74) is 4.08. The summed E-state index contributed by atoms with van der Waals surface area (Å²) in [5, 5.41) is 8.84. The lowest BCUT2D eigenvalue weighted by Gasteiger charge is -2.24. The molecule has 0 aliphatic carbocycles. The van der Waals surface area contributed by atoms with Crippen molar-refractivity contribution in [3.05, 3.63) is 107 Å². The van der Waals surface area contributed by atoms with Gasteiger partial charge in [-0.2, -0.15) is 17.5 Å². The molecule has 0 bridgehead atoms. The molecule has 216 valence electrons. The van der Waals surface area contributed by atoms with Crippen molar-refractivity contribution in [1.29, 1.82) is 0 Å². The van der Waals surface area contributed by atoms with Crippen LogP contribution in [0, 0.1) is 20.8 Å². The molecule has 0 unspecified atom stereocenters. The average molecular weight is 588 g/mol. The molecule has 0 amide bonds. The lowest BCUT2D eigenvalue weighted by molar-refractivity contribution is -0.153. The van der Waals surface area contributed by atoms with Crippen molar-refractivity contribution in [3.8, 4) is 16.9 Å². The third-order valence-corrected chi connectivity index (χ3v) is 8.42. The van der Waals surface area contributed by atoms with Gasteiger partial charge in [-0.15, -0.1) is 0 Å². The minimum Gasteiger partial charge on any atom is -0.482 e. The summed E-state index contributed by atoms with van der Waals surface area (Å²) in [5.74, 6) is -2.06. The number of aliphatic carboxylic acids is 1. The van der Waals surface area contributed by atoms with Gasteiger partial charge in [0.25, 0.3) is 0 Å². The summed E-state index contributed by atoms with van der Waals surface area (Å²) < 4.78 is 78.6. The fraction of sp³-hybridized carbons (Fsp3) is 0.233. The van der Waals surface area contributed by atoms with Crippen LogP contribution in [0.2, 0.25) is 0 Å². The van der Waals surface area contributed by atoms with Crippen molar-refractivity contribution in [2.24, 2.45) is 0 Å². The van der Waals surface area contributed by atoms with Crippen molar-refractivity contribution >= 4 is 16.0 Å². The number of rotatable bonds is 10. The molecule has 4 aromatic rings. The van der Waals surface area contributed by atoms with Gasteiger partial charge >= 0.3 is 12.1 Å². The molecule has 4 rings (SSSR count). The molecule has 11 heteroatoms. The molecule has 3 aromatic carbocycles. The van der Waals surface area contributed by atoms with Crippen LogP contribution in [-0.4, -0.2) is 30.4 Å². The van der Waals surface area contributed by atoms with Gasteiger partial charge in [0.15, 0.2) is 6.61 Å². The van der Waals surface area contributed by atoms with E-state index in [0.29, 0.717) is 22.4 Å². The van der Waals surface area contributed by atoms with E-state index >= 15 is 0 Å². The number of carboxylic acid groups (broad SMARTS) is 1. The minimum absolute atomic E-state index is 0.0977. The number of aryl methyl sites for hydroxylation is 3. The highest BCUT2D eigenvalue weighted by Gasteiger charge is 2.36. The first-order valence-corrected chi connectivity index (χ1v) is 14.0. The third kappa shape index (κ3) is 7.17. The maximum absolute atomic E-state index is 13.9. The zero-order valence-corrected chi connectivity index (χ0v) is 23.3. The molecule has 1 N–H and O–H groups in total. The molecule has 1 heterocycles. The highest BCUT2D eigenvalue weighted by Crippen LogP contribution is 2.33. The number of nitrogens with zero attached hydrogens (tertiary/aromatic N) is 1. The van der Waals surface area contributed by atoms with Gasteiger partial charge < -0.3 is 14.3 Å². The van der Waals surface area contributed by atoms with Crippen LogP contribution in [-0.2, 0) is 34.1 Å².